The van der Waals surface area contributed by atoms with Crippen LogP contribution in [0.1, 0.15) is 55.5 Å². The summed E-state index contributed by atoms with van der Waals surface area (Å²) >= 11 is 0. The number of nitrogens with one attached hydrogen (secondary N) is 1. The number of H-pyrrole nitrogens is 1. The Morgan fingerprint density at radius 3 is 2.77 bits per heavy atom. The van der Waals surface area contributed by atoms with Crippen molar-refractivity contribution in [3.05, 3.63) is 17.0 Å². The summed E-state index contributed by atoms with van der Waals surface area (Å²) in [6, 6.07) is 0. The van der Waals surface area contributed by atoms with E-state index < -0.39 is 0 Å². The Labute approximate surface area is 131 Å². The van der Waals surface area contributed by atoms with Gasteiger partial charge in [-0.15, -0.1) is 0 Å². The highest BCUT2D eigenvalue weighted by molar-refractivity contribution is 5.94. The summed E-state index contributed by atoms with van der Waals surface area (Å²) in [7, 11) is 2.11. The molecule has 22 heavy (non-hydrogen) atoms. The number of ether oxygens (including phenoxy) is 1. The van der Waals surface area contributed by atoms with Crippen molar-refractivity contribution in [3.63, 3.8) is 0 Å². The third-order valence-corrected chi connectivity index (χ3v) is 5.04. The van der Waals surface area contributed by atoms with Gasteiger partial charge in [-0.05, 0) is 34.7 Å². The predicted molar refractivity (Wildman–Crippen MR) is 83.9 cm³/mol. The number of aromatic amines is 1. The third kappa shape index (κ3) is 2.54. The molecule has 0 spiro atoms. The molecule has 2 aliphatic rings. The second kappa shape index (κ2) is 5.35. The third-order valence-electron chi connectivity index (χ3n) is 5.04. The van der Waals surface area contributed by atoms with Crippen LogP contribution in [0, 0.1) is 0 Å². The number of carbonyl (C=O) groups excluding carboxylic acids is 1. The predicted octanol–water partition coefficient (Wildman–Crippen LogP) is 1.60. The lowest BCUT2D eigenvalue weighted by Crippen LogP contribution is -2.59. The Morgan fingerprint density at radius 1 is 1.36 bits per heavy atom. The van der Waals surface area contributed by atoms with Crippen LogP contribution in [0.5, 0.6) is 0 Å². The Hall–Kier alpha value is -1.40. The summed E-state index contributed by atoms with van der Waals surface area (Å²) in [6.07, 6.45) is 0.835. The van der Waals surface area contributed by atoms with Gasteiger partial charge in [-0.2, -0.15) is 5.10 Å². The number of rotatable bonds is 1. The van der Waals surface area contributed by atoms with Crippen molar-refractivity contribution < 1.29 is 9.53 Å². The van der Waals surface area contributed by atoms with Crippen LogP contribution in [0.15, 0.2) is 0 Å². The van der Waals surface area contributed by atoms with Crippen LogP contribution in [0.25, 0.3) is 0 Å². The van der Waals surface area contributed by atoms with Gasteiger partial charge in [0.25, 0.3) is 5.91 Å². The van der Waals surface area contributed by atoms with Crippen molar-refractivity contribution in [2.45, 2.75) is 51.9 Å². The maximum atomic E-state index is 12.9. The number of hydrogen-bond donors (Lipinski definition) is 1. The van der Waals surface area contributed by atoms with Crippen molar-refractivity contribution in [3.8, 4) is 0 Å². The van der Waals surface area contributed by atoms with Crippen molar-refractivity contribution in [2.24, 2.45) is 0 Å². The van der Waals surface area contributed by atoms with Crippen LogP contribution in [-0.4, -0.2) is 64.2 Å². The summed E-state index contributed by atoms with van der Waals surface area (Å²) < 4.78 is 5.80. The summed E-state index contributed by atoms with van der Waals surface area (Å²) in [5.41, 5.74) is 2.56. The molecule has 0 unspecified atom stereocenters. The monoisotopic (exact) mass is 306 g/mol. The van der Waals surface area contributed by atoms with Gasteiger partial charge in [-0.1, -0.05) is 0 Å². The van der Waals surface area contributed by atoms with Gasteiger partial charge in [0.15, 0.2) is 5.69 Å². The van der Waals surface area contributed by atoms with E-state index in [0.29, 0.717) is 5.69 Å². The lowest BCUT2D eigenvalue weighted by Gasteiger charge is -2.45. The Balaban J connectivity index is 1.85. The zero-order valence-corrected chi connectivity index (χ0v) is 14.1. The maximum Gasteiger partial charge on any atom is 0.274 e. The highest BCUT2D eigenvalue weighted by atomic mass is 16.5. The first-order valence-electron chi connectivity index (χ1n) is 8.02. The number of piperazine rings is 1. The molecule has 3 rings (SSSR count). The molecule has 2 atom stereocenters. The standard InChI is InChI=1S/C16H26N4O2/c1-10-8-12-13(11(2)22-10)17-18-14(12)15(21)20-7-6-19(5)16(3,4)9-20/h10-11H,6-9H2,1-5H3,(H,17,18)/t10-,11+/m1/s1. The van der Waals surface area contributed by atoms with E-state index in [0.717, 1.165) is 37.3 Å². The molecule has 3 heterocycles. The van der Waals surface area contributed by atoms with Gasteiger partial charge >= 0.3 is 0 Å². The van der Waals surface area contributed by atoms with Crippen LogP contribution in [0.3, 0.4) is 0 Å². The fourth-order valence-electron chi connectivity index (χ4n) is 3.41. The average molecular weight is 306 g/mol. The molecule has 0 aliphatic carbocycles. The van der Waals surface area contributed by atoms with Crippen molar-refractivity contribution in [1.29, 1.82) is 0 Å². The average Bonchev–Trinajstić information content (AvgIpc) is 2.85. The van der Waals surface area contributed by atoms with Gasteiger partial charge in [0.2, 0.25) is 0 Å². The van der Waals surface area contributed by atoms with Gasteiger partial charge in [-0.3, -0.25) is 14.8 Å². The zero-order valence-electron chi connectivity index (χ0n) is 14.1. The first-order valence-corrected chi connectivity index (χ1v) is 8.02. The molecule has 0 aromatic carbocycles. The van der Waals surface area contributed by atoms with E-state index in [9.17, 15) is 4.79 Å². The van der Waals surface area contributed by atoms with Gasteiger partial charge in [0.1, 0.15) is 0 Å². The lowest BCUT2D eigenvalue weighted by molar-refractivity contribution is -0.00713. The van der Waals surface area contributed by atoms with E-state index >= 15 is 0 Å². The molecule has 0 bridgehead atoms. The Kier molecular flexibility index (Phi) is 3.77. The number of nitrogens with zero attached hydrogens (tertiary/aromatic N) is 3. The summed E-state index contributed by atoms with van der Waals surface area (Å²) in [6.45, 7) is 10.8. The SMILES string of the molecule is C[C@@H]1Cc2c(C(=O)N3CCN(C)C(C)(C)C3)n[nH]c2[C@H](C)O1. The number of likely N-dealkylation sites (N-methyl/N-ethyl adjacent to an activating group) is 1. The number of aromatic nitrogens is 2. The van der Waals surface area contributed by atoms with Gasteiger partial charge in [0.05, 0.1) is 17.9 Å². The van der Waals surface area contributed by atoms with Gasteiger partial charge in [0, 0.05) is 37.2 Å². The van der Waals surface area contributed by atoms with Crippen molar-refractivity contribution in [1.82, 2.24) is 20.0 Å². The van der Waals surface area contributed by atoms with Crippen molar-refractivity contribution in [2.75, 3.05) is 26.7 Å². The minimum atomic E-state index is -0.0308. The number of fused-ring (bicyclic) bond motifs is 1. The molecule has 1 aromatic rings. The largest absolute Gasteiger partial charge is 0.369 e. The first kappa shape index (κ1) is 15.5. The molecular formula is C16H26N4O2. The van der Waals surface area contributed by atoms with Gasteiger partial charge < -0.3 is 9.64 Å². The summed E-state index contributed by atoms with van der Waals surface area (Å²) in [5, 5.41) is 7.33. The minimum absolute atomic E-state index is 0.00598. The molecule has 1 aromatic heterocycles. The first-order chi connectivity index (χ1) is 10.3. The Morgan fingerprint density at radius 2 is 2.09 bits per heavy atom. The number of hydrogen-bond acceptors (Lipinski definition) is 4. The molecular weight excluding hydrogens is 280 g/mol. The molecule has 1 N–H and O–H groups in total. The molecule has 1 amide bonds. The van der Waals surface area contributed by atoms with Crippen LogP contribution in [0.4, 0.5) is 0 Å². The zero-order chi connectivity index (χ0) is 16.1. The molecule has 1 saturated heterocycles. The maximum absolute atomic E-state index is 12.9. The second-order valence-corrected chi connectivity index (χ2v) is 7.22. The van der Waals surface area contributed by atoms with E-state index in [1.54, 1.807) is 0 Å². The van der Waals surface area contributed by atoms with Crippen LogP contribution < -0.4 is 0 Å². The Bertz CT molecular complexity index is 581. The van der Waals surface area contributed by atoms with Crippen LogP contribution in [-0.2, 0) is 11.2 Å². The van der Waals surface area contributed by atoms with Crippen molar-refractivity contribution >= 4 is 5.91 Å². The minimum Gasteiger partial charge on any atom is -0.369 e. The van der Waals surface area contributed by atoms with Gasteiger partial charge in [-0.25, -0.2) is 0 Å². The summed E-state index contributed by atoms with van der Waals surface area (Å²) in [5.74, 6) is 0.0416. The summed E-state index contributed by atoms with van der Waals surface area (Å²) in [4.78, 5) is 17.2. The molecule has 0 saturated carbocycles. The topological polar surface area (TPSA) is 61.5 Å². The molecule has 6 heteroatoms. The highest BCUT2D eigenvalue weighted by Crippen LogP contribution is 2.31. The normalized spacial score (nSPS) is 28.5. The number of carbonyl (C=O) groups is 1. The van der Waals surface area contributed by atoms with Crippen LogP contribution >= 0.6 is 0 Å². The smallest absolute Gasteiger partial charge is 0.274 e. The molecule has 6 nitrogen and oxygen atoms in total. The second-order valence-electron chi connectivity index (χ2n) is 7.22. The lowest BCUT2D eigenvalue weighted by atomic mass is 9.97. The van der Waals surface area contributed by atoms with E-state index in [4.69, 9.17) is 4.74 Å². The quantitative estimate of drug-likeness (QED) is 0.856. The van der Waals surface area contributed by atoms with Crippen LogP contribution in [0.2, 0.25) is 0 Å². The molecule has 0 radical (unpaired) electrons. The van der Waals surface area contributed by atoms with E-state index in [2.05, 4.69) is 36.0 Å². The molecule has 1 fully saturated rings. The molecule has 122 valence electrons. The molecule has 2 aliphatic heterocycles. The number of amides is 1. The highest BCUT2D eigenvalue weighted by Gasteiger charge is 2.36. The van der Waals surface area contributed by atoms with E-state index in [1.807, 2.05) is 18.7 Å². The van der Waals surface area contributed by atoms with E-state index in [1.165, 1.54) is 0 Å². The fourth-order valence-corrected chi connectivity index (χ4v) is 3.41. The van der Waals surface area contributed by atoms with E-state index in [-0.39, 0.29) is 23.7 Å². The fraction of sp³-hybridized carbons (Fsp3) is 0.750.